The van der Waals surface area contributed by atoms with Crippen molar-refractivity contribution in [3.05, 3.63) is 28.6 Å². The summed E-state index contributed by atoms with van der Waals surface area (Å²) in [7, 11) is 1.96. The molecule has 0 radical (unpaired) electrons. The molecule has 1 N–H and O–H groups in total. The van der Waals surface area contributed by atoms with Crippen molar-refractivity contribution in [1.29, 1.82) is 0 Å². The summed E-state index contributed by atoms with van der Waals surface area (Å²) in [5, 5.41) is 8.20. The van der Waals surface area contributed by atoms with Crippen LogP contribution in [0.2, 0.25) is 0 Å². The fourth-order valence-corrected chi connectivity index (χ4v) is 3.60. The van der Waals surface area contributed by atoms with Gasteiger partial charge in [-0.15, -0.1) is 22.7 Å². The predicted octanol–water partition coefficient (Wildman–Crippen LogP) is 2.58. The molecule has 2 aromatic heterocycles. The summed E-state index contributed by atoms with van der Waals surface area (Å²) in [6.07, 6.45) is 2.26. The largest absolute Gasteiger partial charge is 0.352 e. The average Bonchev–Trinajstić information content (AvgIpc) is 2.92. The fourth-order valence-electron chi connectivity index (χ4n) is 1.97. The molecule has 0 saturated heterocycles. The first-order chi connectivity index (χ1) is 9.70. The summed E-state index contributed by atoms with van der Waals surface area (Å²) in [5.41, 5.74) is 1.03. The van der Waals surface area contributed by atoms with Gasteiger partial charge in [0, 0.05) is 18.0 Å². The molecular weight excluding hydrogens is 290 g/mol. The lowest BCUT2D eigenvalue weighted by Crippen LogP contribution is -2.35. The minimum absolute atomic E-state index is 0.115. The number of thiazole rings is 1. The topological polar surface area (TPSA) is 45.2 Å². The van der Waals surface area contributed by atoms with Crippen molar-refractivity contribution < 1.29 is 4.79 Å². The Balaban J connectivity index is 1.53. The number of nitrogens with zero attached hydrogens (tertiary/aromatic N) is 2. The van der Waals surface area contributed by atoms with Gasteiger partial charge < -0.3 is 5.32 Å². The summed E-state index contributed by atoms with van der Waals surface area (Å²) in [6, 6.07) is 4.55. The van der Waals surface area contributed by atoms with E-state index in [0.717, 1.165) is 23.5 Å². The summed E-state index contributed by atoms with van der Waals surface area (Å²) in [5.74, 6) is 0.115. The van der Waals surface area contributed by atoms with Crippen LogP contribution in [0.15, 0.2) is 22.9 Å². The van der Waals surface area contributed by atoms with Crippen LogP contribution in [0.25, 0.3) is 9.88 Å². The number of hydrogen-bond donors (Lipinski definition) is 1. The van der Waals surface area contributed by atoms with Crippen LogP contribution in [0, 0.1) is 0 Å². The number of aromatic nitrogens is 1. The molecule has 0 bridgehead atoms. The van der Waals surface area contributed by atoms with Gasteiger partial charge in [0.05, 0.1) is 17.1 Å². The van der Waals surface area contributed by atoms with Crippen molar-refractivity contribution in [2.45, 2.75) is 25.4 Å². The third-order valence-electron chi connectivity index (χ3n) is 3.07. The molecule has 2 aromatic rings. The lowest BCUT2D eigenvalue weighted by molar-refractivity contribution is -0.122. The van der Waals surface area contributed by atoms with Crippen molar-refractivity contribution in [2.75, 3.05) is 13.6 Å². The third-order valence-corrected chi connectivity index (χ3v) is 5.00. The molecule has 3 rings (SSSR count). The predicted molar refractivity (Wildman–Crippen MR) is 82.9 cm³/mol. The van der Waals surface area contributed by atoms with E-state index in [2.05, 4.69) is 27.1 Å². The van der Waals surface area contributed by atoms with Crippen LogP contribution >= 0.6 is 22.7 Å². The molecule has 1 aliphatic carbocycles. The SMILES string of the molecule is CN(CC(=O)NC1CC1)Cc1csc(-c2cccs2)n1. The number of rotatable bonds is 6. The van der Waals surface area contributed by atoms with E-state index < -0.39 is 0 Å². The Morgan fingerprint density at radius 3 is 3.05 bits per heavy atom. The van der Waals surface area contributed by atoms with Crippen LogP contribution in [0.5, 0.6) is 0 Å². The van der Waals surface area contributed by atoms with Crippen molar-refractivity contribution in [2.24, 2.45) is 0 Å². The maximum absolute atomic E-state index is 11.7. The summed E-state index contributed by atoms with van der Waals surface area (Å²) in [6.45, 7) is 1.14. The Morgan fingerprint density at radius 2 is 2.35 bits per heavy atom. The molecule has 20 heavy (non-hydrogen) atoms. The second-order valence-electron chi connectivity index (χ2n) is 5.14. The van der Waals surface area contributed by atoms with Gasteiger partial charge in [-0.3, -0.25) is 9.69 Å². The summed E-state index contributed by atoms with van der Waals surface area (Å²) in [4.78, 5) is 19.6. The standard InChI is InChI=1S/C14H17N3OS2/c1-17(8-13(18)15-10-4-5-10)7-11-9-20-14(16-11)12-3-2-6-19-12/h2-3,6,9-10H,4-5,7-8H2,1H3,(H,15,18). The van der Waals surface area contributed by atoms with Crippen molar-refractivity contribution in [3.63, 3.8) is 0 Å². The van der Waals surface area contributed by atoms with E-state index in [1.807, 2.05) is 18.0 Å². The first-order valence-electron chi connectivity index (χ1n) is 6.67. The highest BCUT2D eigenvalue weighted by atomic mass is 32.1. The molecule has 4 nitrogen and oxygen atoms in total. The van der Waals surface area contributed by atoms with Gasteiger partial charge in [-0.1, -0.05) is 6.07 Å². The van der Waals surface area contributed by atoms with Crippen LogP contribution in [-0.2, 0) is 11.3 Å². The normalized spacial score (nSPS) is 14.7. The first kappa shape index (κ1) is 13.7. The van der Waals surface area contributed by atoms with E-state index in [-0.39, 0.29) is 5.91 Å². The highest BCUT2D eigenvalue weighted by Crippen LogP contribution is 2.28. The number of carbonyl (C=O) groups excluding carboxylic acids is 1. The van der Waals surface area contributed by atoms with Crippen molar-refractivity contribution in [3.8, 4) is 9.88 Å². The molecule has 1 saturated carbocycles. The third kappa shape index (κ3) is 3.65. The van der Waals surface area contributed by atoms with E-state index in [0.29, 0.717) is 19.1 Å². The second-order valence-corrected chi connectivity index (χ2v) is 6.94. The molecule has 1 aliphatic rings. The molecule has 1 amide bonds. The molecule has 6 heteroatoms. The number of carbonyl (C=O) groups is 1. The van der Waals surface area contributed by atoms with Gasteiger partial charge in [0.15, 0.2) is 0 Å². The zero-order valence-corrected chi connectivity index (χ0v) is 13.0. The van der Waals surface area contributed by atoms with E-state index in [4.69, 9.17) is 0 Å². The van der Waals surface area contributed by atoms with Crippen LogP contribution in [-0.4, -0.2) is 35.4 Å². The van der Waals surface area contributed by atoms with Crippen LogP contribution in [0.1, 0.15) is 18.5 Å². The molecule has 2 heterocycles. The lowest BCUT2D eigenvalue weighted by atomic mass is 10.4. The smallest absolute Gasteiger partial charge is 0.234 e. The molecule has 0 aromatic carbocycles. The van der Waals surface area contributed by atoms with E-state index >= 15 is 0 Å². The Labute approximate surface area is 126 Å². The lowest BCUT2D eigenvalue weighted by Gasteiger charge is -2.14. The number of amides is 1. The van der Waals surface area contributed by atoms with Gasteiger partial charge in [0.25, 0.3) is 0 Å². The highest BCUT2D eigenvalue weighted by Gasteiger charge is 2.23. The van der Waals surface area contributed by atoms with E-state index in [1.54, 1.807) is 22.7 Å². The van der Waals surface area contributed by atoms with Crippen molar-refractivity contribution in [1.82, 2.24) is 15.2 Å². The quantitative estimate of drug-likeness (QED) is 0.892. The van der Waals surface area contributed by atoms with E-state index in [9.17, 15) is 4.79 Å². The maximum atomic E-state index is 11.7. The number of likely N-dealkylation sites (N-methyl/N-ethyl adjacent to an activating group) is 1. The van der Waals surface area contributed by atoms with Gasteiger partial charge in [-0.25, -0.2) is 4.98 Å². The van der Waals surface area contributed by atoms with Gasteiger partial charge >= 0.3 is 0 Å². The number of nitrogens with one attached hydrogen (secondary N) is 1. The fraction of sp³-hybridized carbons (Fsp3) is 0.429. The van der Waals surface area contributed by atoms with Crippen LogP contribution < -0.4 is 5.32 Å². The molecule has 0 spiro atoms. The summed E-state index contributed by atoms with van der Waals surface area (Å²) >= 11 is 3.36. The Morgan fingerprint density at radius 1 is 1.50 bits per heavy atom. The minimum Gasteiger partial charge on any atom is -0.352 e. The number of hydrogen-bond acceptors (Lipinski definition) is 5. The molecule has 0 atom stereocenters. The Hall–Kier alpha value is -1.24. The van der Waals surface area contributed by atoms with Crippen LogP contribution in [0.3, 0.4) is 0 Å². The second kappa shape index (κ2) is 6.03. The minimum atomic E-state index is 0.115. The monoisotopic (exact) mass is 307 g/mol. The summed E-state index contributed by atoms with van der Waals surface area (Å²) < 4.78 is 0. The van der Waals surface area contributed by atoms with Crippen LogP contribution in [0.4, 0.5) is 0 Å². The average molecular weight is 307 g/mol. The number of thiophene rings is 1. The van der Waals surface area contributed by atoms with Gasteiger partial charge in [0.2, 0.25) is 5.91 Å². The molecular formula is C14H17N3OS2. The molecule has 0 unspecified atom stereocenters. The van der Waals surface area contributed by atoms with Gasteiger partial charge in [0.1, 0.15) is 5.01 Å². The highest BCUT2D eigenvalue weighted by molar-refractivity contribution is 7.20. The van der Waals surface area contributed by atoms with E-state index in [1.165, 1.54) is 4.88 Å². The van der Waals surface area contributed by atoms with Gasteiger partial charge in [-0.2, -0.15) is 0 Å². The maximum Gasteiger partial charge on any atom is 0.234 e. The zero-order chi connectivity index (χ0) is 13.9. The molecule has 1 fully saturated rings. The van der Waals surface area contributed by atoms with Crippen molar-refractivity contribution >= 4 is 28.6 Å². The molecule has 106 valence electrons. The van der Waals surface area contributed by atoms with Gasteiger partial charge in [-0.05, 0) is 31.3 Å². The Bertz CT molecular complexity index is 575. The molecule has 0 aliphatic heterocycles. The first-order valence-corrected chi connectivity index (χ1v) is 8.43. The Kier molecular flexibility index (Phi) is 4.14. The zero-order valence-electron chi connectivity index (χ0n) is 11.3.